The van der Waals surface area contributed by atoms with E-state index in [1.807, 2.05) is 60.7 Å². The maximum absolute atomic E-state index is 10.9. The number of nitrogens with zero attached hydrogens (tertiary/aromatic N) is 4. The Bertz CT molecular complexity index is 961. The lowest BCUT2D eigenvalue weighted by Crippen LogP contribution is -2.27. The van der Waals surface area contributed by atoms with Gasteiger partial charge in [0.1, 0.15) is 0 Å². The van der Waals surface area contributed by atoms with Gasteiger partial charge in [0.05, 0.1) is 10.6 Å². The van der Waals surface area contributed by atoms with Crippen LogP contribution in [0.1, 0.15) is 11.1 Å². The summed E-state index contributed by atoms with van der Waals surface area (Å²) in [6.07, 6.45) is 0. The number of nitro benzene ring substituents is 1. The quantitative estimate of drug-likeness (QED) is 0.518. The molecule has 7 nitrogen and oxygen atoms in total. The third kappa shape index (κ3) is 3.52. The van der Waals surface area contributed by atoms with Gasteiger partial charge >= 0.3 is 0 Å². The van der Waals surface area contributed by atoms with E-state index in [1.165, 1.54) is 17.3 Å². The zero-order valence-electron chi connectivity index (χ0n) is 14.1. The average molecular weight is 358 g/mol. The first-order chi connectivity index (χ1) is 13.2. The van der Waals surface area contributed by atoms with Crippen LogP contribution < -0.4 is 5.12 Å². The van der Waals surface area contributed by atoms with E-state index in [1.54, 1.807) is 12.1 Å². The Hall–Kier alpha value is -4.00. The highest BCUT2D eigenvalue weighted by atomic mass is 16.6. The van der Waals surface area contributed by atoms with Crippen molar-refractivity contribution in [2.24, 2.45) is 10.2 Å². The van der Waals surface area contributed by atoms with Crippen LogP contribution in [0.2, 0.25) is 0 Å². The van der Waals surface area contributed by atoms with Crippen LogP contribution in [-0.2, 0) is 4.74 Å². The van der Waals surface area contributed by atoms with Gasteiger partial charge in [-0.15, -0.1) is 15.3 Å². The first-order valence-corrected chi connectivity index (χ1v) is 8.21. The van der Waals surface area contributed by atoms with Crippen LogP contribution >= 0.6 is 0 Å². The van der Waals surface area contributed by atoms with Gasteiger partial charge in [-0.05, 0) is 36.4 Å². The van der Waals surface area contributed by atoms with E-state index in [9.17, 15) is 10.1 Å². The monoisotopic (exact) mass is 358 g/mol. The van der Waals surface area contributed by atoms with Crippen molar-refractivity contribution in [3.05, 3.63) is 106 Å². The zero-order chi connectivity index (χ0) is 18.6. The third-order valence-electron chi connectivity index (χ3n) is 3.90. The Morgan fingerprint density at radius 2 is 1.22 bits per heavy atom. The molecule has 0 saturated carbocycles. The number of non-ortho nitro benzene ring substituents is 1. The van der Waals surface area contributed by atoms with E-state index in [4.69, 9.17) is 4.74 Å². The molecule has 0 aromatic heterocycles. The molecule has 132 valence electrons. The smallest absolute Gasteiger partial charge is 0.269 e. The summed E-state index contributed by atoms with van der Waals surface area (Å²) < 4.78 is 5.92. The van der Waals surface area contributed by atoms with E-state index in [-0.39, 0.29) is 5.69 Å². The van der Waals surface area contributed by atoms with Crippen molar-refractivity contribution in [2.75, 3.05) is 5.12 Å². The van der Waals surface area contributed by atoms with Crippen molar-refractivity contribution in [1.82, 2.24) is 0 Å². The third-order valence-corrected chi connectivity index (χ3v) is 3.90. The van der Waals surface area contributed by atoms with Crippen LogP contribution in [0.4, 0.5) is 11.4 Å². The van der Waals surface area contributed by atoms with Gasteiger partial charge in [0.15, 0.2) is 0 Å². The van der Waals surface area contributed by atoms with Crippen LogP contribution in [0.3, 0.4) is 0 Å². The molecular formula is C20H14N4O3. The summed E-state index contributed by atoms with van der Waals surface area (Å²) >= 11 is 0. The molecule has 0 fully saturated rings. The van der Waals surface area contributed by atoms with Gasteiger partial charge in [-0.1, -0.05) is 36.4 Å². The van der Waals surface area contributed by atoms with Crippen molar-refractivity contribution >= 4 is 23.2 Å². The van der Waals surface area contributed by atoms with Crippen molar-refractivity contribution in [1.29, 1.82) is 0 Å². The molecule has 1 aliphatic rings. The number of rotatable bonds is 4. The van der Waals surface area contributed by atoms with Crippen LogP contribution in [-0.4, -0.2) is 16.7 Å². The fraction of sp³-hybridized carbons (Fsp3) is 0. The van der Waals surface area contributed by atoms with Crippen LogP contribution in [0.5, 0.6) is 0 Å². The molecule has 27 heavy (non-hydrogen) atoms. The first kappa shape index (κ1) is 16.5. The topological polar surface area (TPSA) is 80.3 Å². The summed E-state index contributed by atoms with van der Waals surface area (Å²) in [6.45, 7) is 0. The number of nitro groups is 1. The van der Waals surface area contributed by atoms with Gasteiger partial charge in [-0.2, -0.15) is 0 Å². The fourth-order valence-electron chi connectivity index (χ4n) is 2.54. The van der Waals surface area contributed by atoms with Crippen molar-refractivity contribution in [3.8, 4) is 0 Å². The summed E-state index contributed by atoms with van der Waals surface area (Å²) in [7, 11) is 0. The molecule has 0 amide bonds. The van der Waals surface area contributed by atoms with Gasteiger partial charge in [-0.3, -0.25) is 10.1 Å². The van der Waals surface area contributed by atoms with Gasteiger partial charge in [0.2, 0.25) is 11.8 Å². The maximum atomic E-state index is 10.9. The van der Waals surface area contributed by atoms with E-state index in [0.29, 0.717) is 17.5 Å². The van der Waals surface area contributed by atoms with Gasteiger partial charge < -0.3 is 4.74 Å². The second kappa shape index (κ2) is 7.09. The number of hydrogen-bond donors (Lipinski definition) is 0. The number of anilines is 1. The summed E-state index contributed by atoms with van der Waals surface area (Å²) in [5.74, 6) is 0.783. The molecule has 0 bridgehead atoms. The van der Waals surface area contributed by atoms with Crippen LogP contribution in [0.15, 0.2) is 95.1 Å². The molecule has 1 aliphatic heterocycles. The minimum Gasteiger partial charge on any atom is -0.416 e. The molecule has 0 N–H and O–H groups in total. The molecule has 3 aromatic carbocycles. The molecule has 0 atom stereocenters. The predicted molar refractivity (Wildman–Crippen MR) is 103 cm³/mol. The Balaban J connectivity index is 1.76. The second-order valence-corrected chi connectivity index (χ2v) is 5.71. The summed E-state index contributed by atoms with van der Waals surface area (Å²) in [6, 6.07) is 25.0. The zero-order valence-corrected chi connectivity index (χ0v) is 14.1. The normalized spacial score (nSPS) is 13.4. The molecule has 0 saturated heterocycles. The SMILES string of the molecule is O=[N+]([O-])c1ccc(N2N=C(c3ccccc3)OC(c3ccccc3)=N2)cc1. The van der Waals surface area contributed by atoms with Crippen molar-refractivity contribution in [2.45, 2.75) is 0 Å². The first-order valence-electron chi connectivity index (χ1n) is 8.21. The fourth-order valence-corrected chi connectivity index (χ4v) is 2.54. The lowest BCUT2D eigenvalue weighted by Gasteiger charge is -2.22. The lowest BCUT2D eigenvalue weighted by atomic mass is 10.2. The second-order valence-electron chi connectivity index (χ2n) is 5.71. The minimum absolute atomic E-state index is 0.00605. The van der Waals surface area contributed by atoms with E-state index >= 15 is 0 Å². The number of hydrazone groups is 2. The molecule has 0 radical (unpaired) electrons. The van der Waals surface area contributed by atoms with Crippen LogP contribution in [0.25, 0.3) is 0 Å². The maximum Gasteiger partial charge on any atom is 0.269 e. The highest BCUT2D eigenvalue weighted by Gasteiger charge is 2.21. The standard InChI is InChI=1S/C20H14N4O3/c25-24(26)18-13-11-17(12-14-18)23-21-19(15-7-3-1-4-8-15)27-20(22-23)16-9-5-2-6-10-16/h1-14H. The van der Waals surface area contributed by atoms with Gasteiger partial charge in [0.25, 0.3) is 5.69 Å². The van der Waals surface area contributed by atoms with E-state index in [2.05, 4.69) is 10.2 Å². The average Bonchev–Trinajstić information content (AvgIpc) is 2.75. The van der Waals surface area contributed by atoms with Crippen molar-refractivity contribution in [3.63, 3.8) is 0 Å². The molecule has 0 aliphatic carbocycles. The highest BCUT2D eigenvalue weighted by Crippen LogP contribution is 2.24. The number of hydrogen-bond acceptors (Lipinski definition) is 6. The molecule has 7 heteroatoms. The lowest BCUT2D eigenvalue weighted by molar-refractivity contribution is -0.384. The molecule has 4 rings (SSSR count). The van der Waals surface area contributed by atoms with Crippen LogP contribution in [0, 0.1) is 10.1 Å². The number of benzene rings is 3. The highest BCUT2D eigenvalue weighted by molar-refractivity contribution is 6.08. The molecule has 0 spiro atoms. The molecular weight excluding hydrogens is 344 g/mol. The molecule has 1 heterocycles. The Morgan fingerprint density at radius 3 is 1.67 bits per heavy atom. The number of ether oxygens (including phenoxy) is 1. The molecule has 0 unspecified atom stereocenters. The largest absolute Gasteiger partial charge is 0.416 e. The predicted octanol–water partition coefficient (Wildman–Crippen LogP) is 4.16. The Morgan fingerprint density at radius 1 is 0.741 bits per heavy atom. The van der Waals surface area contributed by atoms with E-state index < -0.39 is 4.92 Å². The Labute approximate surface area is 155 Å². The summed E-state index contributed by atoms with van der Waals surface area (Å²) in [4.78, 5) is 10.4. The summed E-state index contributed by atoms with van der Waals surface area (Å²) in [5.41, 5.74) is 2.19. The summed E-state index contributed by atoms with van der Waals surface area (Å²) in [5, 5.41) is 21.2. The minimum atomic E-state index is -0.444. The van der Waals surface area contributed by atoms with Crippen molar-refractivity contribution < 1.29 is 9.66 Å². The Kier molecular flexibility index (Phi) is 4.32. The molecule has 3 aromatic rings. The van der Waals surface area contributed by atoms with E-state index in [0.717, 1.165) is 11.1 Å². The van der Waals surface area contributed by atoms with Gasteiger partial charge in [0, 0.05) is 23.3 Å². The van der Waals surface area contributed by atoms with Gasteiger partial charge in [-0.25, -0.2) is 0 Å².